The zero-order chi connectivity index (χ0) is 15.0. The maximum absolute atomic E-state index is 12.5. The van der Waals surface area contributed by atoms with E-state index in [-0.39, 0.29) is 17.2 Å². The molecule has 0 aromatic carbocycles. The minimum Gasteiger partial charge on any atom is -0.477 e. The van der Waals surface area contributed by atoms with Crippen LogP contribution in [0, 0.1) is 0 Å². The molecule has 3 heterocycles. The van der Waals surface area contributed by atoms with Crippen LogP contribution in [0.15, 0.2) is 6.20 Å². The molecule has 0 atom stereocenters. The number of carboxylic acids is 1. The summed E-state index contributed by atoms with van der Waals surface area (Å²) in [5, 5.41) is 13.0. The van der Waals surface area contributed by atoms with Crippen molar-refractivity contribution in [2.45, 2.75) is 18.6 Å². The lowest BCUT2D eigenvalue weighted by atomic mass is 10.0. The van der Waals surface area contributed by atoms with Gasteiger partial charge in [-0.3, -0.25) is 9.48 Å². The van der Waals surface area contributed by atoms with Gasteiger partial charge >= 0.3 is 5.97 Å². The number of carbonyl (C=O) groups is 2. The van der Waals surface area contributed by atoms with Gasteiger partial charge in [0.25, 0.3) is 5.91 Å². The van der Waals surface area contributed by atoms with Crippen LogP contribution >= 0.6 is 0 Å². The maximum Gasteiger partial charge on any atom is 0.354 e. The van der Waals surface area contributed by atoms with E-state index >= 15 is 0 Å². The summed E-state index contributed by atoms with van der Waals surface area (Å²) < 4.78 is 12.4. The fourth-order valence-corrected chi connectivity index (χ4v) is 2.85. The minimum atomic E-state index is -1.16. The Morgan fingerprint density at radius 1 is 1.29 bits per heavy atom. The summed E-state index contributed by atoms with van der Waals surface area (Å²) in [7, 11) is 1.51. The van der Waals surface area contributed by atoms with Crippen LogP contribution in [-0.4, -0.2) is 63.8 Å². The van der Waals surface area contributed by atoms with Crippen molar-refractivity contribution >= 4 is 11.9 Å². The summed E-state index contributed by atoms with van der Waals surface area (Å²) in [6.45, 7) is 2.12. The van der Waals surface area contributed by atoms with Crippen molar-refractivity contribution in [1.29, 1.82) is 0 Å². The molecule has 2 fully saturated rings. The van der Waals surface area contributed by atoms with Gasteiger partial charge in [-0.1, -0.05) is 0 Å². The molecular formula is C13H17N3O5. The van der Waals surface area contributed by atoms with Gasteiger partial charge in [-0.05, 0) is 0 Å². The van der Waals surface area contributed by atoms with Crippen molar-refractivity contribution in [2.75, 3.05) is 26.3 Å². The van der Waals surface area contributed by atoms with E-state index in [1.165, 1.54) is 17.9 Å². The zero-order valence-corrected chi connectivity index (χ0v) is 11.7. The Hall–Kier alpha value is -1.93. The third kappa shape index (κ3) is 2.40. The quantitative estimate of drug-likeness (QED) is 0.831. The average molecular weight is 295 g/mol. The second-order valence-electron chi connectivity index (χ2n) is 5.24. The van der Waals surface area contributed by atoms with Gasteiger partial charge in [-0.25, -0.2) is 4.79 Å². The Kier molecular flexibility index (Phi) is 3.42. The lowest BCUT2D eigenvalue weighted by molar-refractivity contribution is -0.181. The highest BCUT2D eigenvalue weighted by atomic mass is 16.7. The molecule has 114 valence electrons. The minimum absolute atomic E-state index is 0.0892. The monoisotopic (exact) mass is 295 g/mol. The topological polar surface area (TPSA) is 93.9 Å². The largest absolute Gasteiger partial charge is 0.477 e. The van der Waals surface area contributed by atoms with Gasteiger partial charge in [0, 0.05) is 33.0 Å². The molecular weight excluding hydrogens is 278 g/mol. The van der Waals surface area contributed by atoms with Gasteiger partial charge < -0.3 is 19.5 Å². The summed E-state index contributed by atoms with van der Waals surface area (Å²) >= 11 is 0. The second kappa shape index (κ2) is 5.12. The first-order valence-electron chi connectivity index (χ1n) is 6.85. The van der Waals surface area contributed by atoms with Gasteiger partial charge in [-0.15, -0.1) is 0 Å². The van der Waals surface area contributed by atoms with Crippen LogP contribution in [0.25, 0.3) is 0 Å². The predicted octanol–water partition coefficient (Wildman–Crippen LogP) is 0.0974. The van der Waals surface area contributed by atoms with Crippen LogP contribution in [0.1, 0.15) is 33.7 Å². The predicted molar refractivity (Wildman–Crippen MR) is 69.9 cm³/mol. The van der Waals surface area contributed by atoms with E-state index in [2.05, 4.69) is 5.10 Å². The number of rotatable bonds is 2. The first-order chi connectivity index (χ1) is 10.0. The molecule has 21 heavy (non-hydrogen) atoms. The third-order valence-electron chi connectivity index (χ3n) is 4.00. The zero-order valence-electron chi connectivity index (χ0n) is 11.7. The van der Waals surface area contributed by atoms with Crippen LogP contribution < -0.4 is 0 Å². The lowest BCUT2D eigenvalue weighted by Crippen LogP contribution is -2.47. The van der Waals surface area contributed by atoms with E-state index < -0.39 is 11.8 Å². The highest BCUT2D eigenvalue weighted by Crippen LogP contribution is 2.31. The number of aryl methyl sites for hydroxylation is 1. The highest BCUT2D eigenvalue weighted by Gasteiger charge is 2.41. The molecule has 1 amide bonds. The number of aromatic nitrogens is 2. The average Bonchev–Trinajstić information content (AvgIpc) is 3.06. The van der Waals surface area contributed by atoms with E-state index in [9.17, 15) is 14.7 Å². The molecule has 0 unspecified atom stereocenters. The fourth-order valence-electron chi connectivity index (χ4n) is 2.85. The summed E-state index contributed by atoms with van der Waals surface area (Å²) in [5.74, 6) is -2.02. The van der Waals surface area contributed by atoms with Gasteiger partial charge in [0.2, 0.25) is 0 Å². The van der Waals surface area contributed by atoms with Crippen molar-refractivity contribution in [3.05, 3.63) is 17.5 Å². The van der Waals surface area contributed by atoms with Crippen molar-refractivity contribution < 1.29 is 24.2 Å². The number of hydrogen-bond donors (Lipinski definition) is 1. The standard InChI is InChI=1S/C13H17N3O5/c1-15-10(12(18)19)9(8-14-15)11(17)16-4-2-13(3-5-16)20-6-7-21-13/h8H,2-7H2,1H3,(H,18,19). The Bertz CT molecular complexity index is 566. The van der Waals surface area contributed by atoms with Gasteiger partial charge in [0.05, 0.1) is 25.0 Å². The van der Waals surface area contributed by atoms with Crippen molar-refractivity contribution in [2.24, 2.45) is 7.05 Å². The number of likely N-dealkylation sites (tertiary alicyclic amines) is 1. The normalized spacial score (nSPS) is 20.9. The van der Waals surface area contributed by atoms with E-state index in [0.29, 0.717) is 39.1 Å². The Labute approximate surface area is 121 Å². The number of carboxylic acid groups (broad SMARTS) is 1. The van der Waals surface area contributed by atoms with E-state index in [1.807, 2.05) is 0 Å². The maximum atomic E-state index is 12.5. The Morgan fingerprint density at radius 3 is 2.48 bits per heavy atom. The van der Waals surface area contributed by atoms with E-state index in [4.69, 9.17) is 9.47 Å². The first-order valence-corrected chi connectivity index (χ1v) is 6.85. The molecule has 2 saturated heterocycles. The first kappa shape index (κ1) is 14.0. The third-order valence-corrected chi connectivity index (χ3v) is 4.00. The molecule has 0 radical (unpaired) electrons. The van der Waals surface area contributed by atoms with Gasteiger partial charge in [-0.2, -0.15) is 5.10 Å². The van der Waals surface area contributed by atoms with Crippen molar-refractivity contribution in [3.8, 4) is 0 Å². The summed E-state index contributed by atoms with van der Waals surface area (Å²) in [6, 6.07) is 0. The SMILES string of the molecule is Cn1ncc(C(=O)N2CCC3(CC2)OCCO3)c1C(=O)O. The number of nitrogens with zero attached hydrogens (tertiary/aromatic N) is 3. The van der Waals surface area contributed by atoms with Crippen LogP contribution in [-0.2, 0) is 16.5 Å². The molecule has 0 aliphatic carbocycles. The molecule has 3 rings (SSSR count). The number of amides is 1. The molecule has 1 aromatic rings. The lowest BCUT2D eigenvalue weighted by Gasteiger charge is -2.37. The molecule has 2 aliphatic heterocycles. The summed E-state index contributed by atoms with van der Waals surface area (Å²) in [5.41, 5.74) is 0.0304. The van der Waals surface area contributed by atoms with Crippen LogP contribution in [0.2, 0.25) is 0 Å². The molecule has 8 heteroatoms. The fraction of sp³-hybridized carbons (Fsp3) is 0.615. The number of aromatic carboxylic acids is 1. The highest BCUT2D eigenvalue weighted by molar-refractivity contribution is 6.03. The van der Waals surface area contributed by atoms with E-state index in [0.717, 1.165) is 0 Å². The second-order valence-corrected chi connectivity index (χ2v) is 5.24. The smallest absolute Gasteiger partial charge is 0.354 e. The molecule has 0 saturated carbocycles. The number of hydrogen-bond acceptors (Lipinski definition) is 5. The molecule has 0 bridgehead atoms. The Morgan fingerprint density at radius 2 is 1.90 bits per heavy atom. The summed E-state index contributed by atoms with van der Waals surface area (Å²) in [6.07, 6.45) is 2.50. The number of piperidine rings is 1. The molecule has 1 spiro atoms. The summed E-state index contributed by atoms with van der Waals surface area (Å²) in [4.78, 5) is 25.3. The van der Waals surface area contributed by atoms with Crippen molar-refractivity contribution in [3.63, 3.8) is 0 Å². The van der Waals surface area contributed by atoms with Crippen molar-refractivity contribution in [1.82, 2.24) is 14.7 Å². The van der Waals surface area contributed by atoms with Gasteiger partial charge in [0.15, 0.2) is 11.5 Å². The molecule has 1 N–H and O–H groups in total. The van der Waals surface area contributed by atoms with Crippen LogP contribution in [0.4, 0.5) is 0 Å². The van der Waals surface area contributed by atoms with Gasteiger partial charge in [0.1, 0.15) is 0 Å². The van der Waals surface area contributed by atoms with E-state index in [1.54, 1.807) is 4.90 Å². The molecule has 2 aliphatic rings. The van der Waals surface area contributed by atoms with Crippen LogP contribution in [0.3, 0.4) is 0 Å². The number of ether oxygens (including phenoxy) is 2. The Balaban J connectivity index is 1.74. The molecule has 1 aromatic heterocycles. The van der Waals surface area contributed by atoms with Crippen LogP contribution in [0.5, 0.6) is 0 Å². The molecule has 8 nitrogen and oxygen atoms in total. The number of carbonyl (C=O) groups excluding carboxylic acids is 1.